The van der Waals surface area contributed by atoms with Crippen molar-refractivity contribution in [3.05, 3.63) is 39.8 Å². The lowest BCUT2D eigenvalue weighted by Gasteiger charge is -2.03. The molecule has 0 aliphatic heterocycles. The van der Waals surface area contributed by atoms with Gasteiger partial charge in [0.05, 0.1) is 12.7 Å². The average molecular weight is 245 g/mol. The smallest absolute Gasteiger partial charge is 0.336 e. The number of aromatic carboxylic acids is 1. The number of azide groups is 1. The lowest BCUT2D eigenvalue weighted by Crippen LogP contribution is -2.00. The van der Waals surface area contributed by atoms with Crippen LogP contribution in [-0.4, -0.2) is 24.7 Å². The maximum absolute atomic E-state index is 11.0. The molecule has 18 heavy (non-hydrogen) atoms. The summed E-state index contributed by atoms with van der Waals surface area (Å²) in [5.41, 5.74) is 8.58. The van der Waals surface area contributed by atoms with E-state index in [0.29, 0.717) is 17.7 Å². The van der Waals surface area contributed by atoms with Gasteiger partial charge in [-0.25, -0.2) is 4.79 Å². The van der Waals surface area contributed by atoms with E-state index in [9.17, 15) is 4.79 Å². The minimum Gasteiger partial charge on any atom is -0.497 e. The molecule has 92 valence electrons. The summed E-state index contributed by atoms with van der Waals surface area (Å²) in [5, 5.41) is 12.3. The topological polar surface area (TPSA) is 95.3 Å². The number of carboxylic acid groups (broad SMARTS) is 1. The zero-order valence-corrected chi connectivity index (χ0v) is 9.75. The molecule has 0 saturated carbocycles. The highest BCUT2D eigenvalue weighted by Crippen LogP contribution is 2.17. The SMILES string of the molecule is COc1ccc(C(=O)O)c(C#CCCN=[N+]=[N-])c1. The average Bonchev–Trinajstić information content (AvgIpc) is 2.38. The first kappa shape index (κ1) is 13.4. The molecule has 0 spiro atoms. The molecule has 0 saturated heterocycles. The van der Waals surface area contributed by atoms with Gasteiger partial charge in [-0.05, 0) is 23.7 Å². The molecule has 0 atom stereocenters. The van der Waals surface area contributed by atoms with E-state index >= 15 is 0 Å². The van der Waals surface area contributed by atoms with Crippen molar-refractivity contribution in [3.63, 3.8) is 0 Å². The number of hydrogen-bond acceptors (Lipinski definition) is 3. The third-order valence-electron chi connectivity index (χ3n) is 2.08. The van der Waals surface area contributed by atoms with Crippen molar-refractivity contribution < 1.29 is 14.6 Å². The highest BCUT2D eigenvalue weighted by Gasteiger charge is 2.08. The molecule has 0 bridgehead atoms. The zero-order chi connectivity index (χ0) is 13.4. The van der Waals surface area contributed by atoms with E-state index in [-0.39, 0.29) is 12.1 Å². The van der Waals surface area contributed by atoms with Crippen LogP contribution in [-0.2, 0) is 0 Å². The minimum atomic E-state index is -1.04. The first-order valence-corrected chi connectivity index (χ1v) is 5.10. The normalized spacial score (nSPS) is 8.72. The highest BCUT2D eigenvalue weighted by molar-refractivity contribution is 5.91. The van der Waals surface area contributed by atoms with Gasteiger partial charge in [-0.1, -0.05) is 17.0 Å². The van der Waals surface area contributed by atoms with E-state index in [1.54, 1.807) is 12.1 Å². The Morgan fingerprint density at radius 3 is 3.00 bits per heavy atom. The quantitative estimate of drug-likeness (QED) is 0.290. The van der Waals surface area contributed by atoms with Gasteiger partial charge in [0.25, 0.3) is 0 Å². The van der Waals surface area contributed by atoms with Gasteiger partial charge >= 0.3 is 5.97 Å². The molecular weight excluding hydrogens is 234 g/mol. The van der Waals surface area contributed by atoms with Gasteiger partial charge in [0, 0.05) is 23.4 Å². The molecule has 1 aromatic rings. The first-order chi connectivity index (χ1) is 8.69. The predicted octanol–water partition coefficient (Wildman–Crippen LogP) is 2.45. The van der Waals surface area contributed by atoms with Crippen LogP contribution in [0.1, 0.15) is 22.3 Å². The Morgan fingerprint density at radius 2 is 2.39 bits per heavy atom. The number of carbonyl (C=O) groups is 1. The van der Waals surface area contributed by atoms with Gasteiger partial charge in [0.2, 0.25) is 0 Å². The number of hydrogen-bond donors (Lipinski definition) is 1. The summed E-state index contributed by atoms with van der Waals surface area (Å²) in [6.07, 6.45) is 0.375. The summed E-state index contributed by atoms with van der Waals surface area (Å²) < 4.78 is 5.01. The molecule has 0 unspecified atom stereocenters. The fourth-order valence-corrected chi connectivity index (χ4v) is 1.25. The number of carboxylic acids is 1. The Kier molecular flexibility index (Phi) is 5.10. The molecule has 0 aliphatic carbocycles. The Labute approximate surface area is 104 Å². The Bertz CT molecular complexity index is 551. The number of nitrogens with zero attached hydrogens (tertiary/aromatic N) is 3. The lowest BCUT2D eigenvalue weighted by atomic mass is 10.1. The van der Waals surface area contributed by atoms with Crippen molar-refractivity contribution in [1.82, 2.24) is 0 Å². The van der Waals surface area contributed by atoms with Crippen LogP contribution in [0.2, 0.25) is 0 Å². The van der Waals surface area contributed by atoms with Crippen LogP contribution in [0.5, 0.6) is 5.75 Å². The van der Waals surface area contributed by atoms with E-state index in [1.165, 1.54) is 13.2 Å². The maximum Gasteiger partial charge on any atom is 0.336 e. The molecule has 1 N–H and O–H groups in total. The molecule has 1 aromatic carbocycles. The van der Waals surface area contributed by atoms with Gasteiger partial charge in [0.1, 0.15) is 5.75 Å². The third-order valence-corrected chi connectivity index (χ3v) is 2.08. The summed E-state index contributed by atoms with van der Waals surface area (Å²) in [7, 11) is 1.49. The van der Waals surface area contributed by atoms with Crippen LogP contribution in [0.4, 0.5) is 0 Å². The van der Waals surface area contributed by atoms with Gasteiger partial charge < -0.3 is 9.84 Å². The van der Waals surface area contributed by atoms with Gasteiger partial charge in [0.15, 0.2) is 0 Å². The monoisotopic (exact) mass is 245 g/mol. The molecule has 0 aromatic heterocycles. The number of benzene rings is 1. The van der Waals surface area contributed by atoms with Crippen molar-refractivity contribution in [2.24, 2.45) is 5.11 Å². The van der Waals surface area contributed by atoms with Crippen molar-refractivity contribution in [3.8, 4) is 17.6 Å². The van der Waals surface area contributed by atoms with E-state index in [4.69, 9.17) is 15.4 Å². The van der Waals surface area contributed by atoms with Crippen molar-refractivity contribution >= 4 is 5.97 Å². The fourth-order valence-electron chi connectivity index (χ4n) is 1.25. The molecule has 0 heterocycles. The van der Waals surface area contributed by atoms with E-state index in [1.807, 2.05) is 0 Å². The van der Waals surface area contributed by atoms with Crippen molar-refractivity contribution in [2.45, 2.75) is 6.42 Å². The van der Waals surface area contributed by atoms with Crippen molar-refractivity contribution in [1.29, 1.82) is 0 Å². The van der Waals surface area contributed by atoms with E-state index < -0.39 is 5.97 Å². The maximum atomic E-state index is 11.0. The van der Waals surface area contributed by atoms with Gasteiger partial charge in [-0.15, -0.1) is 0 Å². The Hall–Kier alpha value is -2.64. The summed E-state index contributed by atoms with van der Waals surface area (Å²) in [4.78, 5) is 13.6. The second kappa shape index (κ2) is 6.84. The molecular formula is C12H11N3O3. The molecule has 0 fully saturated rings. The summed E-state index contributed by atoms with van der Waals surface area (Å²) in [5.74, 6) is 4.98. The molecule has 0 amide bonds. The summed E-state index contributed by atoms with van der Waals surface area (Å²) >= 11 is 0. The highest BCUT2D eigenvalue weighted by atomic mass is 16.5. The fraction of sp³-hybridized carbons (Fsp3) is 0.250. The Morgan fingerprint density at radius 1 is 1.61 bits per heavy atom. The van der Waals surface area contributed by atoms with Crippen LogP contribution in [0.3, 0.4) is 0 Å². The summed E-state index contributed by atoms with van der Waals surface area (Å²) in [6, 6.07) is 4.57. The standard InChI is InChI=1S/C12H11N3O3/c1-18-10-5-6-11(12(16)17)9(8-10)4-2-3-7-14-15-13/h5-6,8H,3,7H2,1H3,(H,16,17). The van der Waals surface area contributed by atoms with Crippen LogP contribution in [0.25, 0.3) is 10.4 Å². The third kappa shape index (κ3) is 3.74. The molecule has 1 rings (SSSR count). The molecule has 0 radical (unpaired) electrons. The second-order valence-electron chi connectivity index (χ2n) is 3.22. The number of methoxy groups -OCH3 is 1. The first-order valence-electron chi connectivity index (χ1n) is 5.10. The zero-order valence-electron chi connectivity index (χ0n) is 9.75. The van der Waals surface area contributed by atoms with Crippen molar-refractivity contribution in [2.75, 3.05) is 13.7 Å². The minimum absolute atomic E-state index is 0.118. The number of rotatable bonds is 4. The van der Waals surface area contributed by atoms with Gasteiger partial charge in [-0.2, -0.15) is 0 Å². The second-order valence-corrected chi connectivity index (χ2v) is 3.22. The van der Waals surface area contributed by atoms with Crippen LogP contribution in [0.15, 0.2) is 23.3 Å². The number of ether oxygens (including phenoxy) is 1. The largest absolute Gasteiger partial charge is 0.497 e. The molecule has 6 heteroatoms. The predicted molar refractivity (Wildman–Crippen MR) is 65.5 cm³/mol. The molecule has 6 nitrogen and oxygen atoms in total. The van der Waals surface area contributed by atoms with Crippen LogP contribution < -0.4 is 4.74 Å². The molecule has 0 aliphatic rings. The van der Waals surface area contributed by atoms with E-state index in [2.05, 4.69) is 21.9 Å². The van der Waals surface area contributed by atoms with Crippen LogP contribution >= 0.6 is 0 Å². The Balaban J connectivity index is 2.96. The summed E-state index contributed by atoms with van der Waals surface area (Å²) in [6.45, 7) is 0.260. The lowest BCUT2D eigenvalue weighted by molar-refractivity contribution is 0.0696. The van der Waals surface area contributed by atoms with Gasteiger partial charge in [-0.3, -0.25) is 0 Å². The van der Waals surface area contributed by atoms with Crippen LogP contribution in [0, 0.1) is 11.8 Å². The van der Waals surface area contributed by atoms with E-state index in [0.717, 1.165) is 0 Å².